The Labute approximate surface area is 329 Å². The Morgan fingerprint density at radius 3 is 2.12 bits per heavy atom. The van der Waals surface area contributed by atoms with Gasteiger partial charge >= 0.3 is 18.3 Å². The molecule has 7 rings (SSSR count). The van der Waals surface area contributed by atoms with Crippen molar-refractivity contribution in [3.8, 4) is 0 Å². The van der Waals surface area contributed by atoms with E-state index < -0.39 is 105 Å². The Kier molecular flexibility index (Phi) is 13.1. The summed E-state index contributed by atoms with van der Waals surface area (Å²) in [5.74, 6) is -0.261. The Morgan fingerprint density at radius 1 is 0.825 bits per heavy atom. The van der Waals surface area contributed by atoms with Gasteiger partial charge in [-0.1, -0.05) is 67.6 Å². The summed E-state index contributed by atoms with van der Waals surface area (Å²) in [7, 11) is 1.52. The summed E-state index contributed by atoms with van der Waals surface area (Å²) in [4.78, 5) is 40.2. The average Bonchev–Trinajstić information content (AvgIpc) is 3.52. The fourth-order valence-electron chi connectivity index (χ4n) is 8.12. The van der Waals surface area contributed by atoms with Crippen LogP contribution in [0.4, 0.5) is 14.4 Å². The molecule has 312 valence electrons. The smallest absolute Gasteiger partial charge is 0.410 e. The van der Waals surface area contributed by atoms with Gasteiger partial charge in [-0.25, -0.2) is 14.4 Å². The van der Waals surface area contributed by atoms with Gasteiger partial charge in [-0.15, -0.1) is 0 Å². The first-order valence-corrected chi connectivity index (χ1v) is 19.4. The van der Waals surface area contributed by atoms with Gasteiger partial charge in [0.15, 0.2) is 25.0 Å². The summed E-state index contributed by atoms with van der Waals surface area (Å²) in [5, 5.41) is 36.8. The van der Waals surface area contributed by atoms with Crippen molar-refractivity contribution in [1.82, 2.24) is 15.5 Å². The summed E-state index contributed by atoms with van der Waals surface area (Å²) in [6, 6.07) is 15.8. The van der Waals surface area contributed by atoms with Crippen molar-refractivity contribution in [3.63, 3.8) is 0 Å². The van der Waals surface area contributed by atoms with Gasteiger partial charge in [-0.2, -0.15) is 0 Å². The topological polar surface area (TPSA) is 239 Å². The first-order valence-electron chi connectivity index (χ1n) is 19.4. The number of ether oxygens (including phenoxy) is 8. The quantitative estimate of drug-likeness (QED) is 0.175. The summed E-state index contributed by atoms with van der Waals surface area (Å²) >= 11 is 0. The number of fused-ring (bicyclic) bond motifs is 3. The number of nitrogens with zero attached hydrogens (tertiary/aromatic N) is 1. The SMILES string of the molecule is CC1C[C@@H]2OC(O[C@H]3OC(CO)[C@@H](N)[C@H](O)C3O)C3C(OC(=O)N3C)C2O[C@@H]1O[C@H]1CC[C@H](NC(=O)OCc2ccccc2)CC1NC(=O)OCc1ccccc1. The largest absolute Gasteiger partial charge is 0.445 e. The number of benzene rings is 2. The van der Waals surface area contributed by atoms with Gasteiger partial charge in [0, 0.05) is 19.0 Å². The minimum atomic E-state index is -1.56. The molecule has 0 radical (unpaired) electrons. The van der Waals surface area contributed by atoms with Crippen LogP contribution in [-0.2, 0) is 51.1 Å². The molecule has 57 heavy (non-hydrogen) atoms. The van der Waals surface area contributed by atoms with E-state index in [0.717, 1.165) is 11.1 Å². The zero-order valence-corrected chi connectivity index (χ0v) is 31.7. The van der Waals surface area contributed by atoms with Crippen LogP contribution >= 0.6 is 0 Å². The van der Waals surface area contributed by atoms with Crippen LogP contribution in [0.1, 0.15) is 43.7 Å². The van der Waals surface area contributed by atoms with Crippen LogP contribution in [0.5, 0.6) is 0 Å². The minimum absolute atomic E-state index is 0.0621. The first-order chi connectivity index (χ1) is 27.5. The standard InChI is InChI=1S/C39H52N4O14/c1-20-15-26-32(33-29(43(2)39(49)56-33)35(53-26)57-36-31(46)30(45)28(40)27(17-44)54-36)55-34(20)52-25-14-13-23(41-37(47)50-18-21-9-5-3-6-10-21)16-24(25)42-38(48)51-19-22-11-7-4-8-12-22/h3-12,20,23-36,44-46H,13-19,40H2,1-2H3,(H,41,47)(H,42,48)/t20?,23-,24?,25-,26-,27?,28+,29?,30-,31?,32?,33?,34-,35?,36+/m0/s1. The fraction of sp³-hybridized carbons (Fsp3) is 0.615. The van der Waals surface area contributed by atoms with E-state index in [1.54, 1.807) is 0 Å². The maximum Gasteiger partial charge on any atom is 0.410 e. The third kappa shape index (κ3) is 9.45. The van der Waals surface area contributed by atoms with Gasteiger partial charge in [-0.3, -0.25) is 4.90 Å². The van der Waals surface area contributed by atoms with E-state index in [1.807, 2.05) is 67.6 Å². The van der Waals surface area contributed by atoms with E-state index in [4.69, 9.17) is 43.6 Å². The highest BCUT2D eigenvalue weighted by Gasteiger charge is 2.60. The maximum absolute atomic E-state index is 13.1. The second-order valence-corrected chi connectivity index (χ2v) is 15.3. The molecule has 4 heterocycles. The molecule has 5 fully saturated rings. The number of amides is 3. The van der Waals surface area contributed by atoms with E-state index in [9.17, 15) is 29.7 Å². The lowest BCUT2D eigenvalue weighted by Gasteiger charge is -2.50. The zero-order valence-electron chi connectivity index (χ0n) is 31.7. The van der Waals surface area contributed by atoms with Crippen molar-refractivity contribution >= 4 is 18.3 Å². The van der Waals surface area contributed by atoms with E-state index in [-0.39, 0.29) is 25.2 Å². The molecule has 5 aliphatic rings. The van der Waals surface area contributed by atoms with E-state index >= 15 is 0 Å². The number of carbonyl (C=O) groups excluding carboxylic acids is 3. The Balaban J connectivity index is 1.01. The molecule has 2 aromatic carbocycles. The second-order valence-electron chi connectivity index (χ2n) is 15.3. The number of aliphatic hydroxyl groups excluding tert-OH is 3. The molecule has 1 aliphatic carbocycles. The lowest BCUT2D eigenvalue weighted by Crippen LogP contribution is -2.67. The highest BCUT2D eigenvalue weighted by Crippen LogP contribution is 2.42. The molecule has 7 N–H and O–H groups in total. The summed E-state index contributed by atoms with van der Waals surface area (Å²) in [5.41, 5.74) is 7.59. The molecule has 18 nitrogen and oxygen atoms in total. The van der Waals surface area contributed by atoms with E-state index in [0.29, 0.717) is 25.7 Å². The Bertz CT molecular complexity index is 1660. The Hall–Kier alpha value is -4.11. The van der Waals surface area contributed by atoms with Crippen LogP contribution in [0, 0.1) is 5.92 Å². The van der Waals surface area contributed by atoms with Crippen molar-refractivity contribution < 1.29 is 67.6 Å². The fourth-order valence-corrected chi connectivity index (χ4v) is 8.12. The van der Waals surface area contributed by atoms with Crippen molar-refractivity contribution in [3.05, 3.63) is 71.8 Å². The summed E-state index contributed by atoms with van der Waals surface area (Å²) < 4.78 is 48.1. The molecular weight excluding hydrogens is 748 g/mol. The number of likely N-dealkylation sites (N-methyl/N-ethyl adjacent to an activating group) is 1. The maximum atomic E-state index is 13.1. The lowest BCUT2D eigenvalue weighted by atomic mass is 9.86. The molecule has 0 spiro atoms. The molecule has 8 unspecified atom stereocenters. The van der Waals surface area contributed by atoms with E-state index in [2.05, 4.69) is 10.6 Å². The zero-order chi connectivity index (χ0) is 40.2. The van der Waals surface area contributed by atoms with Crippen LogP contribution < -0.4 is 16.4 Å². The van der Waals surface area contributed by atoms with E-state index in [1.165, 1.54) is 11.9 Å². The first kappa shape index (κ1) is 41.1. The van der Waals surface area contributed by atoms with Crippen molar-refractivity contribution in [2.24, 2.45) is 11.7 Å². The normalized spacial score (nSPS) is 37.6. The third-order valence-electron chi connectivity index (χ3n) is 11.3. The number of hydrogen-bond donors (Lipinski definition) is 6. The minimum Gasteiger partial charge on any atom is -0.445 e. The van der Waals surface area contributed by atoms with Gasteiger partial charge in [0.25, 0.3) is 0 Å². The average molecular weight is 801 g/mol. The van der Waals surface area contributed by atoms with Crippen LogP contribution in [0.2, 0.25) is 0 Å². The predicted molar refractivity (Wildman–Crippen MR) is 196 cm³/mol. The molecule has 1 saturated carbocycles. The molecule has 4 saturated heterocycles. The molecule has 0 bridgehead atoms. The summed E-state index contributed by atoms with van der Waals surface area (Å²) in [6.07, 6.45) is -10.5. The molecule has 4 aliphatic heterocycles. The van der Waals surface area contributed by atoms with Gasteiger partial charge in [0.1, 0.15) is 43.7 Å². The van der Waals surface area contributed by atoms with Gasteiger partial charge in [0.05, 0.1) is 30.9 Å². The number of nitrogens with two attached hydrogens (primary N) is 1. The third-order valence-corrected chi connectivity index (χ3v) is 11.3. The van der Waals surface area contributed by atoms with Crippen LogP contribution in [0.15, 0.2) is 60.7 Å². The molecule has 3 amide bonds. The lowest BCUT2D eigenvalue weighted by molar-refractivity contribution is -0.373. The van der Waals surface area contributed by atoms with Crippen molar-refractivity contribution in [2.75, 3.05) is 13.7 Å². The van der Waals surface area contributed by atoms with Crippen molar-refractivity contribution in [1.29, 1.82) is 0 Å². The number of nitrogens with one attached hydrogen (secondary N) is 2. The number of hydrogen-bond acceptors (Lipinski definition) is 15. The Morgan fingerprint density at radius 2 is 1.47 bits per heavy atom. The number of carbonyl (C=O) groups is 3. The molecule has 0 aromatic heterocycles. The number of alkyl carbamates (subject to hydrolysis) is 2. The number of aliphatic hydroxyl groups is 3. The van der Waals surface area contributed by atoms with Crippen molar-refractivity contribution in [2.45, 2.75) is 132 Å². The molecule has 15 atom stereocenters. The molecular formula is C39H52N4O14. The molecule has 18 heteroatoms. The highest BCUT2D eigenvalue weighted by atomic mass is 16.8. The number of rotatable bonds is 11. The predicted octanol–water partition coefficient (Wildman–Crippen LogP) is 1.22. The van der Waals surface area contributed by atoms with Crippen LogP contribution in [0.25, 0.3) is 0 Å². The van der Waals surface area contributed by atoms with Crippen LogP contribution in [0.3, 0.4) is 0 Å². The molecule has 2 aromatic rings. The monoisotopic (exact) mass is 800 g/mol. The van der Waals surface area contributed by atoms with Gasteiger partial charge < -0.3 is 69.6 Å². The van der Waals surface area contributed by atoms with Gasteiger partial charge in [-0.05, 0) is 36.8 Å². The van der Waals surface area contributed by atoms with Gasteiger partial charge in [0.2, 0.25) is 0 Å². The highest BCUT2D eigenvalue weighted by molar-refractivity contribution is 5.71. The second kappa shape index (κ2) is 18.2. The summed E-state index contributed by atoms with van der Waals surface area (Å²) in [6.45, 7) is 1.57. The van der Waals surface area contributed by atoms with Crippen LogP contribution in [-0.4, -0.2) is 138 Å².